The molecule has 2 aliphatic rings. The third kappa shape index (κ3) is 2.57. The van der Waals surface area contributed by atoms with Crippen LogP contribution in [0.15, 0.2) is 0 Å². The van der Waals surface area contributed by atoms with Crippen LogP contribution in [0.1, 0.15) is 26.2 Å². The van der Waals surface area contributed by atoms with Gasteiger partial charge in [-0.1, -0.05) is 0 Å². The molecule has 112 valence electrons. The van der Waals surface area contributed by atoms with Crippen molar-refractivity contribution in [3.8, 4) is 0 Å². The van der Waals surface area contributed by atoms with Crippen LogP contribution in [0.4, 0.5) is 4.79 Å². The van der Waals surface area contributed by atoms with Gasteiger partial charge in [0.25, 0.3) is 0 Å². The Morgan fingerprint density at radius 1 is 1.25 bits per heavy atom. The van der Waals surface area contributed by atoms with Gasteiger partial charge in [-0.25, -0.2) is 4.79 Å². The Balaban J connectivity index is 1.86. The number of nitrogens with one attached hydrogen (secondary N) is 2. The molecule has 3 amide bonds. The normalized spacial score (nSPS) is 27.0. The van der Waals surface area contributed by atoms with E-state index in [9.17, 15) is 14.4 Å². The zero-order valence-corrected chi connectivity index (χ0v) is 11.9. The van der Waals surface area contributed by atoms with Gasteiger partial charge < -0.3 is 20.6 Å². The smallest absolute Gasteiger partial charge is 0.317 e. The summed E-state index contributed by atoms with van der Waals surface area (Å²) in [6.07, 6.45) is 1.83. The van der Waals surface area contributed by atoms with Crippen LogP contribution >= 0.6 is 0 Å². The molecule has 7 nitrogen and oxygen atoms in total. The summed E-state index contributed by atoms with van der Waals surface area (Å²) in [5, 5.41) is 14.3. The molecule has 0 spiro atoms. The standard InChI is InChI=1S/C13H21N3O4/c1-12(9(17)14-2)5-6-16(8-12)11(20)15-7-13(3-4-13)10(18)19/h3-8H2,1-2H3,(H,14,17)(H,15,20)(H,18,19). The SMILES string of the molecule is CNC(=O)C1(C)CCN(C(=O)NCC2(C(=O)O)CC2)C1. The largest absolute Gasteiger partial charge is 0.481 e. The lowest BCUT2D eigenvalue weighted by Crippen LogP contribution is -2.45. The van der Waals surface area contributed by atoms with Gasteiger partial charge in [0, 0.05) is 26.7 Å². The van der Waals surface area contributed by atoms with E-state index in [1.165, 1.54) is 0 Å². The number of carbonyl (C=O) groups is 3. The van der Waals surface area contributed by atoms with Gasteiger partial charge in [0.15, 0.2) is 0 Å². The summed E-state index contributed by atoms with van der Waals surface area (Å²) < 4.78 is 0. The van der Waals surface area contributed by atoms with Crippen molar-refractivity contribution >= 4 is 17.9 Å². The minimum Gasteiger partial charge on any atom is -0.481 e. The van der Waals surface area contributed by atoms with Gasteiger partial charge in [0.1, 0.15) is 0 Å². The molecule has 0 aromatic carbocycles. The number of aliphatic carboxylic acids is 1. The lowest BCUT2D eigenvalue weighted by Gasteiger charge is -2.23. The molecule has 1 saturated carbocycles. The molecule has 1 atom stereocenters. The zero-order chi connectivity index (χ0) is 15.0. The first-order valence-corrected chi connectivity index (χ1v) is 6.81. The van der Waals surface area contributed by atoms with Gasteiger partial charge in [0.2, 0.25) is 5.91 Å². The van der Waals surface area contributed by atoms with Crippen LogP contribution in [-0.2, 0) is 9.59 Å². The second kappa shape index (κ2) is 4.96. The molecule has 0 radical (unpaired) electrons. The fourth-order valence-corrected chi connectivity index (χ4v) is 2.60. The molecule has 1 aliphatic heterocycles. The van der Waals surface area contributed by atoms with E-state index < -0.39 is 16.8 Å². The van der Waals surface area contributed by atoms with Gasteiger partial charge >= 0.3 is 12.0 Å². The van der Waals surface area contributed by atoms with Crippen LogP contribution in [0.3, 0.4) is 0 Å². The molecule has 0 bridgehead atoms. The Morgan fingerprint density at radius 3 is 2.40 bits per heavy atom. The van der Waals surface area contributed by atoms with E-state index in [1.54, 1.807) is 11.9 Å². The number of carbonyl (C=O) groups excluding carboxylic acids is 2. The third-order valence-corrected chi connectivity index (χ3v) is 4.42. The highest BCUT2D eigenvalue weighted by atomic mass is 16.4. The summed E-state index contributed by atoms with van der Waals surface area (Å²) in [4.78, 5) is 36.4. The summed E-state index contributed by atoms with van der Waals surface area (Å²) in [6.45, 7) is 2.86. The van der Waals surface area contributed by atoms with E-state index in [4.69, 9.17) is 5.11 Å². The predicted molar refractivity (Wildman–Crippen MR) is 71.1 cm³/mol. The molecular formula is C13H21N3O4. The van der Waals surface area contributed by atoms with Gasteiger partial charge in [-0.2, -0.15) is 0 Å². The first kappa shape index (κ1) is 14.6. The zero-order valence-electron chi connectivity index (χ0n) is 11.9. The van der Waals surface area contributed by atoms with E-state index in [0.29, 0.717) is 32.4 Å². The van der Waals surface area contributed by atoms with Gasteiger partial charge in [0.05, 0.1) is 10.8 Å². The van der Waals surface area contributed by atoms with Crippen molar-refractivity contribution in [2.45, 2.75) is 26.2 Å². The number of hydrogen-bond donors (Lipinski definition) is 3. The lowest BCUT2D eigenvalue weighted by atomic mass is 9.89. The number of likely N-dealkylation sites (tertiary alicyclic amines) is 1. The van der Waals surface area contributed by atoms with Crippen LogP contribution in [0.25, 0.3) is 0 Å². The molecule has 7 heteroatoms. The third-order valence-electron chi connectivity index (χ3n) is 4.42. The fraction of sp³-hybridized carbons (Fsp3) is 0.769. The maximum atomic E-state index is 12.0. The molecule has 1 unspecified atom stereocenters. The summed E-state index contributed by atoms with van der Waals surface area (Å²) in [6, 6.07) is -0.287. The Morgan fingerprint density at radius 2 is 1.90 bits per heavy atom. The highest BCUT2D eigenvalue weighted by molar-refractivity contribution is 5.85. The Labute approximate surface area is 117 Å². The van der Waals surface area contributed by atoms with Crippen molar-refractivity contribution in [3.05, 3.63) is 0 Å². The van der Waals surface area contributed by atoms with Crippen molar-refractivity contribution in [1.29, 1.82) is 0 Å². The molecule has 3 N–H and O–H groups in total. The molecule has 0 aromatic rings. The van der Waals surface area contributed by atoms with E-state index in [2.05, 4.69) is 10.6 Å². The summed E-state index contributed by atoms with van der Waals surface area (Å²) >= 11 is 0. The summed E-state index contributed by atoms with van der Waals surface area (Å²) in [7, 11) is 1.58. The van der Waals surface area contributed by atoms with Crippen LogP contribution < -0.4 is 10.6 Å². The molecule has 1 aliphatic carbocycles. The highest BCUT2D eigenvalue weighted by Gasteiger charge is 2.50. The topological polar surface area (TPSA) is 98.7 Å². The summed E-state index contributed by atoms with van der Waals surface area (Å²) in [5.41, 5.74) is -1.32. The van der Waals surface area contributed by atoms with Crippen molar-refractivity contribution < 1.29 is 19.5 Å². The summed E-state index contributed by atoms with van der Waals surface area (Å²) in [5.74, 6) is -0.925. The van der Waals surface area contributed by atoms with Gasteiger partial charge in [-0.3, -0.25) is 9.59 Å². The van der Waals surface area contributed by atoms with Crippen molar-refractivity contribution in [2.24, 2.45) is 10.8 Å². The number of carboxylic acids is 1. The molecule has 1 saturated heterocycles. The molecule has 2 fully saturated rings. The minimum atomic E-state index is -0.852. The molecule has 20 heavy (non-hydrogen) atoms. The van der Waals surface area contributed by atoms with Gasteiger partial charge in [-0.15, -0.1) is 0 Å². The minimum absolute atomic E-state index is 0.0722. The number of rotatable bonds is 4. The van der Waals surface area contributed by atoms with E-state index in [-0.39, 0.29) is 18.5 Å². The first-order valence-electron chi connectivity index (χ1n) is 6.81. The van der Waals surface area contributed by atoms with Crippen LogP contribution in [0, 0.1) is 10.8 Å². The quantitative estimate of drug-likeness (QED) is 0.677. The Kier molecular flexibility index (Phi) is 3.62. The second-order valence-corrected chi connectivity index (χ2v) is 6.06. The molecule has 1 heterocycles. The number of urea groups is 1. The van der Waals surface area contributed by atoms with Crippen LogP contribution in [-0.4, -0.2) is 54.6 Å². The molecule has 0 aromatic heterocycles. The number of carboxylic acid groups (broad SMARTS) is 1. The fourth-order valence-electron chi connectivity index (χ4n) is 2.60. The Hall–Kier alpha value is -1.79. The average Bonchev–Trinajstić information content (AvgIpc) is 3.12. The molecular weight excluding hydrogens is 262 g/mol. The lowest BCUT2D eigenvalue weighted by molar-refractivity contribution is -0.143. The van der Waals surface area contributed by atoms with Crippen molar-refractivity contribution in [1.82, 2.24) is 15.5 Å². The first-order chi connectivity index (χ1) is 9.33. The van der Waals surface area contributed by atoms with E-state index >= 15 is 0 Å². The predicted octanol–water partition coefficient (Wildman–Crippen LogP) is 0.0188. The Bertz CT molecular complexity index is 447. The van der Waals surface area contributed by atoms with Crippen molar-refractivity contribution in [3.63, 3.8) is 0 Å². The maximum absolute atomic E-state index is 12.0. The van der Waals surface area contributed by atoms with E-state index in [1.807, 2.05) is 6.92 Å². The van der Waals surface area contributed by atoms with Crippen molar-refractivity contribution in [2.75, 3.05) is 26.7 Å². The number of amides is 3. The highest BCUT2D eigenvalue weighted by Crippen LogP contribution is 2.45. The van der Waals surface area contributed by atoms with Crippen LogP contribution in [0.2, 0.25) is 0 Å². The van der Waals surface area contributed by atoms with E-state index in [0.717, 1.165) is 0 Å². The average molecular weight is 283 g/mol. The number of nitrogens with zero attached hydrogens (tertiary/aromatic N) is 1. The maximum Gasteiger partial charge on any atom is 0.317 e. The van der Waals surface area contributed by atoms with Crippen LogP contribution in [0.5, 0.6) is 0 Å². The second-order valence-electron chi connectivity index (χ2n) is 6.06. The number of hydrogen-bond acceptors (Lipinski definition) is 3. The van der Waals surface area contributed by atoms with Gasteiger partial charge in [-0.05, 0) is 26.2 Å². The monoisotopic (exact) mass is 283 g/mol. The molecule has 2 rings (SSSR count).